The van der Waals surface area contributed by atoms with Crippen molar-refractivity contribution in [2.45, 2.75) is 76.4 Å². The van der Waals surface area contributed by atoms with E-state index in [0.717, 1.165) is 53.6 Å². The number of rotatable bonds is 12. The van der Waals surface area contributed by atoms with E-state index in [0.29, 0.717) is 11.3 Å². The van der Waals surface area contributed by atoms with Gasteiger partial charge in [-0.2, -0.15) is 0 Å². The lowest BCUT2D eigenvalue weighted by molar-refractivity contribution is -0.385. The minimum absolute atomic E-state index is 0.0264. The highest BCUT2D eigenvalue weighted by atomic mass is 32.2. The first-order valence-corrected chi connectivity index (χ1v) is 16.4. The zero-order chi connectivity index (χ0) is 32.7. The van der Waals surface area contributed by atoms with Gasteiger partial charge in [0.05, 0.1) is 22.6 Å². The highest BCUT2D eigenvalue weighted by Gasteiger charge is 2.34. The van der Waals surface area contributed by atoms with E-state index in [-0.39, 0.29) is 34.8 Å². The summed E-state index contributed by atoms with van der Waals surface area (Å²) in [7, 11) is -3.01. The zero-order valence-corrected chi connectivity index (χ0v) is 26.9. The van der Waals surface area contributed by atoms with Crippen LogP contribution in [0.3, 0.4) is 0 Å². The Kier molecular flexibility index (Phi) is 10.8. The molecule has 12 heteroatoms. The minimum atomic E-state index is -4.48. The van der Waals surface area contributed by atoms with Gasteiger partial charge in [-0.3, -0.25) is 24.0 Å². The first kappa shape index (κ1) is 33.4. The van der Waals surface area contributed by atoms with Gasteiger partial charge in [0, 0.05) is 24.2 Å². The van der Waals surface area contributed by atoms with Crippen molar-refractivity contribution in [3.05, 3.63) is 93.5 Å². The molecule has 1 fully saturated rings. The fourth-order valence-electron chi connectivity index (χ4n) is 5.39. The number of nitro benzene ring substituents is 1. The molecule has 0 heterocycles. The second kappa shape index (κ2) is 14.6. The highest BCUT2D eigenvalue weighted by Crippen LogP contribution is 2.29. The third kappa shape index (κ3) is 8.18. The lowest BCUT2D eigenvalue weighted by Gasteiger charge is -2.33. The van der Waals surface area contributed by atoms with Crippen LogP contribution in [0.4, 0.5) is 11.4 Å². The van der Waals surface area contributed by atoms with Gasteiger partial charge in [-0.05, 0) is 69.5 Å². The molecule has 45 heavy (non-hydrogen) atoms. The molecule has 240 valence electrons. The van der Waals surface area contributed by atoms with Crippen molar-refractivity contribution in [2.24, 2.45) is 0 Å². The van der Waals surface area contributed by atoms with Gasteiger partial charge in [-0.25, -0.2) is 8.42 Å². The van der Waals surface area contributed by atoms with Crippen molar-refractivity contribution < 1.29 is 27.7 Å². The van der Waals surface area contributed by atoms with E-state index >= 15 is 0 Å². The Labute approximate surface area is 264 Å². The van der Waals surface area contributed by atoms with Crippen LogP contribution in [0.5, 0.6) is 5.75 Å². The molecule has 0 unspecified atom stereocenters. The van der Waals surface area contributed by atoms with Crippen molar-refractivity contribution >= 4 is 33.2 Å². The van der Waals surface area contributed by atoms with Crippen LogP contribution in [0.1, 0.15) is 55.7 Å². The summed E-state index contributed by atoms with van der Waals surface area (Å²) in [6, 6.07) is 16.4. The minimum Gasteiger partial charge on any atom is -0.497 e. The molecule has 1 saturated carbocycles. The van der Waals surface area contributed by atoms with Crippen molar-refractivity contribution in [1.82, 2.24) is 10.2 Å². The van der Waals surface area contributed by atoms with Crippen LogP contribution in [0.25, 0.3) is 0 Å². The molecule has 0 saturated heterocycles. The van der Waals surface area contributed by atoms with E-state index in [1.807, 2.05) is 31.2 Å². The van der Waals surface area contributed by atoms with Crippen LogP contribution < -0.4 is 14.4 Å². The lowest BCUT2D eigenvalue weighted by Crippen LogP contribution is -2.53. The first-order valence-electron chi connectivity index (χ1n) is 15.0. The van der Waals surface area contributed by atoms with Crippen molar-refractivity contribution in [1.29, 1.82) is 0 Å². The first-order chi connectivity index (χ1) is 21.4. The summed E-state index contributed by atoms with van der Waals surface area (Å²) in [6.45, 7) is 4.52. The number of carbonyl (C=O) groups is 2. The van der Waals surface area contributed by atoms with Crippen molar-refractivity contribution in [2.75, 3.05) is 18.0 Å². The molecule has 1 atom stereocenters. The SMILES string of the molecule is COc1ccc(N(CC(=O)N(Cc2ccc(C)cc2)[C@@H](C)C(=O)NC2CCCCC2)S(=O)(=O)c2ccc(C)c([N+](=O)[O-])c2)cc1. The number of ether oxygens (including phenoxy) is 1. The fraction of sp³-hybridized carbons (Fsp3) is 0.394. The number of sulfonamides is 1. The molecule has 0 bridgehead atoms. The maximum atomic E-state index is 14.2. The van der Waals surface area contributed by atoms with Gasteiger partial charge in [0.1, 0.15) is 18.3 Å². The summed E-state index contributed by atoms with van der Waals surface area (Å²) in [4.78, 5) is 39.7. The summed E-state index contributed by atoms with van der Waals surface area (Å²) in [5, 5.41) is 14.7. The van der Waals surface area contributed by atoms with Crippen LogP contribution in [0.15, 0.2) is 71.6 Å². The Bertz CT molecular complexity index is 1620. The Hall–Kier alpha value is -4.45. The molecule has 0 aromatic heterocycles. The molecule has 1 aliphatic carbocycles. The molecule has 1 N–H and O–H groups in total. The number of methoxy groups -OCH3 is 1. The van der Waals surface area contributed by atoms with Gasteiger partial charge in [-0.1, -0.05) is 55.2 Å². The third-order valence-corrected chi connectivity index (χ3v) is 9.97. The van der Waals surface area contributed by atoms with E-state index in [2.05, 4.69) is 5.32 Å². The van der Waals surface area contributed by atoms with E-state index < -0.39 is 33.4 Å². The molecular weight excluding hydrogens is 596 g/mol. The summed E-state index contributed by atoms with van der Waals surface area (Å²) >= 11 is 0. The van der Waals surface area contributed by atoms with Crippen LogP contribution in [0.2, 0.25) is 0 Å². The maximum absolute atomic E-state index is 14.2. The zero-order valence-electron chi connectivity index (χ0n) is 26.1. The normalized spacial score (nSPS) is 14.3. The van der Waals surface area contributed by atoms with Crippen LogP contribution >= 0.6 is 0 Å². The van der Waals surface area contributed by atoms with Gasteiger partial charge in [0.25, 0.3) is 15.7 Å². The Morgan fingerprint density at radius 3 is 2.24 bits per heavy atom. The van der Waals surface area contributed by atoms with E-state index in [1.165, 1.54) is 43.2 Å². The van der Waals surface area contributed by atoms with E-state index in [1.54, 1.807) is 19.1 Å². The lowest BCUT2D eigenvalue weighted by atomic mass is 9.95. The third-order valence-electron chi connectivity index (χ3n) is 8.20. The number of nitrogens with zero attached hydrogens (tertiary/aromatic N) is 3. The number of aryl methyl sites for hydroxylation is 2. The summed E-state index contributed by atoms with van der Waals surface area (Å²) < 4.78 is 34.4. The molecule has 1 aliphatic rings. The number of nitrogens with one attached hydrogen (secondary N) is 1. The van der Waals surface area contributed by atoms with Crippen LogP contribution in [0, 0.1) is 24.0 Å². The molecule has 3 aromatic rings. The number of hydrogen-bond donors (Lipinski definition) is 1. The monoisotopic (exact) mass is 636 g/mol. The smallest absolute Gasteiger partial charge is 0.273 e. The average Bonchev–Trinajstić information content (AvgIpc) is 3.03. The molecule has 11 nitrogen and oxygen atoms in total. The number of anilines is 1. The van der Waals surface area contributed by atoms with Crippen molar-refractivity contribution in [3.63, 3.8) is 0 Å². The second-order valence-electron chi connectivity index (χ2n) is 11.4. The standard InChI is InChI=1S/C33H40N4O7S/c1-23-10-13-26(14-11-23)21-35(25(3)33(39)34-27-8-6-5-7-9-27)32(38)22-36(28-15-17-29(44-4)18-16-28)45(42,43)30-19-12-24(2)31(20-30)37(40)41/h10-20,25,27H,5-9,21-22H2,1-4H3,(H,34,39)/t25-/m0/s1. The molecule has 4 rings (SSSR count). The van der Waals surface area contributed by atoms with Crippen LogP contribution in [-0.2, 0) is 26.2 Å². The summed E-state index contributed by atoms with van der Waals surface area (Å²) in [6.07, 6.45) is 4.92. The predicted octanol–water partition coefficient (Wildman–Crippen LogP) is 5.28. The molecule has 0 aliphatic heterocycles. The number of hydrogen-bond acceptors (Lipinski definition) is 7. The number of amides is 2. The molecule has 0 radical (unpaired) electrons. The number of carbonyl (C=O) groups excluding carboxylic acids is 2. The van der Waals surface area contributed by atoms with Gasteiger partial charge in [-0.15, -0.1) is 0 Å². The molecule has 3 aromatic carbocycles. The predicted molar refractivity (Wildman–Crippen MR) is 172 cm³/mol. The molecule has 2 amide bonds. The Morgan fingerprint density at radius 2 is 1.64 bits per heavy atom. The van der Waals surface area contributed by atoms with Gasteiger partial charge >= 0.3 is 0 Å². The quantitative estimate of drug-likeness (QED) is 0.211. The van der Waals surface area contributed by atoms with Gasteiger partial charge in [0.2, 0.25) is 11.8 Å². The largest absolute Gasteiger partial charge is 0.497 e. The molecular formula is C33H40N4O7S. The van der Waals surface area contributed by atoms with Gasteiger partial charge in [0.15, 0.2) is 0 Å². The number of benzene rings is 3. The Morgan fingerprint density at radius 1 is 1.00 bits per heavy atom. The molecule has 0 spiro atoms. The second-order valence-corrected chi connectivity index (χ2v) is 13.3. The summed E-state index contributed by atoms with van der Waals surface area (Å²) in [5.41, 5.74) is 1.91. The topological polar surface area (TPSA) is 139 Å². The fourth-order valence-corrected chi connectivity index (χ4v) is 6.83. The van der Waals surface area contributed by atoms with Gasteiger partial charge < -0.3 is 15.0 Å². The van der Waals surface area contributed by atoms with E-state index in [9.17, 15) is 28.1 Å². The highest BCUT2D eigenvalue weighted by molar-refractivity contribution is 7.92. The Balaban J connectivity index is 1.72. The number of nitro groups is 1. The average molecular weight is 637 g/mol. The van der Waals surface area contributed by atoms with Crippen LogP contribution in [-0.4, -0.2) is 55.8 Å². The summed E-state index contributed by atoms with van der Waals surface area (Å²) in [5.74, 6) is -0.444. The van der Waals surface area contributed by atoms with Crippen molar-refractivity contribution in [3.8, 4) is 5.75 Å². The van der Waals surface area contributed by atoms with E-state index in [4.69, 9.17) is 4.74 Å². The maximum Gasteiger partial charge on any atom is 0.273 e.